The molecule has 0 radical (unpaired) electrons. The van der Waals surface area contributed by atoms with Gasteiger partial charge in [-0.3, -0.25) is 19.4 Å². The molecule has 194 valence electrons. The van der Waals surface area contributed by atoms with Crippen molar-refractivity contribution in [2.24, 2.45) is 33.9 Å². The van der Waals surface area contributed by atoms with Crippen LogP contribution in [0.3, 0.4) is 0 Å². The maximum atomic E-state index is 14.1. The van der Waals surface area contributed by atoms with Gasteiger partial charge in [-0.1, -0.05) is 69.9 Å². The summed E-state index contributed by atoms with van der Waals surface area (Å²) in [6, 6.07) is 7.78. The number of fused-ring (bicyclic) bond motifs is 1. The number of hydrogen-bond donors (Lipinski definition) is 2. The van der Waals surface area contributed by atoms with E-state index in [2.05, 4.69) is 5.32 Å². The first kappa shape index (κ1) is 26.1. The molecule has 3 amide bonds. The Morgan fingerprint density at radius 2 is 1.75 bits per heavy atom. The van der Waals surface area contributed by atoms with Gasteiger partial charge in [-0.05, 0) is 44.1 Å². The second kappa shape index (κ2) is 11.0. The number of nitrogens with one attached hydrogen (secondary N) is 1. The number of rotatable bonds is 7. The molecule has 1 aromatic carbocycles. The van der Waals surface area contributed by atoms with Gasteiger partial charge in [0.2, 0.25) is 18.0 Å². The molecule has 0 bridgehead atoms. The van der Waals surface area contributed by atoms with Crippen LogP contribution in [0, 0.1) is 23.2 Å². The van der Waals surface area contributed by atoms with Crippen molar-refractivity contribution in [2.75, 3.05) is 12.4 Å². The molecule has 0 saturated heterocycles. The summed E-state index contributed by atoms with van der Waals surface area (Å²) < 4.78 is 0. The zero-order chi connectivity index (χ0) is 25.9. The van der Waals surface area contributed by atoms with Gasteiger partial charge in [0.25, 0.3) is 5.91 Å². The SMILES string of the molecule is CC(C)CC(C(=O)N(C)C1N=C(C2CCCCCC2)c2ccccc2NC1=O)C1(C(N)=O)CC=CC1. The summed E-state index contributed by atoms with van der Waals surface area (Å²) in [4.78, 5) is 46.8. The maximum Gasteiger partial charge on any atom is 0.269 e. The van der Waals surface area contributed by atoms with Gasteiger partial charge in [0.05, 0.1) is 17.0 Å². The number of allylic oxidation sites excluding steroid dienone is 2. The highest BCUT2D eigenvalue weighted by atomic mass is 16.2. The summed E-state index contributed by atoms with van der Waals surface area (Å²) in [5.41, 5.74) is 7.53. The van der Waals surface area contributed by atoms with Crippen molar-refractivity contribution in [3.63, 3.8) is 0 Å². The second-order valence-electron chi connectivity index (χ2n) is 11.1. The number of anilines is 1. The van der Waals surface area contributed by atoms with Crippen LogP contribution in [0.5, 0.6) is 0 Å². The average molecular weight is 493 g/mol. The molecule has 3 aliphatic rings. The number of nitrogens with two attached hydrogens (primary N) is 1. The number of aliphatic imine (C=N–C) groups is 1. The van der Waals surface area contributed by atoms with Crippen molar-refractivity contribution >= 4 is 29.1 Å². The van der Waals surface area contributed by atoms with Crippen LogP contribution in [0.25, 0.3) is 0 Å². The first-order valence-corrected chi connectivity index (χ1v) is 13.4. The van der Waals surface area contributed by atoms with Gasteiger partial charge in [0.1, 0.15) is 0 Å². The second-order valence-corrected chi connectivity index (χ2v) is 11.1. The summed E-state index contributed by atoms with van der Waals surface area (Å²) in [5.74, 6) is -1.23. The Kier molecular flexibility index (Phi) is 7.96. The van der Waals surface area contributed by atoms with Crippen LogP contribution in [0.4, 0.5) is 5.69 Å². The number of para-hydroxylation sites is 1. The highest BCUT2D eigenvalue weighted by Crippen LogP contribution is 2.44. The topological polar surface area (TPSA) is 105 Å². The number of benzodiazepines with no additional fused rings is 1. The van der Waals surface area contributed by atoms with Crippen LogP contribution in [0.15, 0.2) is 41.4 Å². The third-order valence-electron chi connectivity index (χ3n) is 8.21. The Morgan fingerprint density at radius 1 is 1.11 bits per heavy atom. The number of benzene rings is 1. The van der Waals surface area contributed by atoms with Gasteiger partial charge >= 0.3 is 0 Å². The van der Waals surface area contributed by atoms with Crippen LogP contribution < -0.4 is 11.1 Å². The van der Waals surface area contributed by atoms with Gasteiger partial charge in [-0.2, -0.15) is 0 Å². The van der Waals surface area contributed by atoms with Crippen molar-refractivity contribution in [2.45, 2.75) is 77.8 Å². The Balaban J connectivity index is 1.72. The fraction of sp³-hybridized carbons (Fsp3) is 0.586. The Bertz CT molecular complexity index is 1040. The number of nitrogens with zero attached hydrogens (tertiary/aromatic N) is 2. The van der Waals surface area contributed by atoms with Gasteiger partial charge in [0.15, 0.2) is 0 Å². The van der Waals surface area contributed by atoms with Crippen LogP contribution >= 0.6 is 0 Å². The number of carbonyl (C=O) groups is 3. The van der Waals surface area contributed by atoms with Crippen LogP contribution in [-0.4, -0.2) is 41.5 Å². The molecule has 2 unspecified atom stereocenters. The number of primary amides is 1. The van der Waals surface area contributed by atoms with Gasteiger partial charge in [-0.25, -0.2) is 0 Å². The standard InChI is InChI=1S/C29H40N4O3/c1-19(2)18-22(29(28(30)36)16-10-11-17-29)27(35)33(3)25-26(34)31-23-15-9-8-14-21(23)24(32-25)20-12-6-4-5-7-13-20/h8-11,14-15,19-20,22,25H,4-7,12-13,16-18H2,1-3H3,(H2,30,36)(H,31,34). The fourth-order valence-corrected chi connectivity index (χ4v) is 6.14. The van der Waals surface area contributed by atoms with Crippen LogP contribution in [-0.2, 0) is 14.4 Å². The Morgan fingerprint density at radius 3 is 2.36 bits per heavy atom. The summed E-state index contributed by atoms with van der Waals surface area (Å²) in [7, 11) is 1.64. The predicted molar refractivity (Wildman–Crippen MR) is 142 cm³/mol. The molecule has 0 aromatic heterocycles. The zero-order valence-electron chi connectivity index (χ0n) is 21.8. The minimum absolute atomic E-state index is 0.182. The zero-order valence-corrected chi connectivity index (χ0v) is 21.8. The van der Waals surface area contributed by atoms with Gasteiger partial charge in [-0.15, -0.1) is 0 Å². The molecule has 7 nitrogen and oxygen atoms in total. The molecule has 1 heterocycles. The summed E-state index contributed by atoms with van der Waals surface area (Å²) in [6.07, 6.45) is 11.0. The Labute approximate surface area is 214 Å². The normalized spacial score (nSPS) is 22.7. The van der Waals surface area contributed by atoms with Gasteiger partial charge < -0.3 is 16.0 Å². The van der Waals surface area contributed by atoms with Gasteiger partial charge in [0, 0.05) is 24.2 Å². The lowest BCUT2D eigenvalue weighted by atomic mass is 9.69. The number of amides is 3. The number of carbonyl (C=O) groups excluding carboxylic acids is 3. The van der Waals surface area contributed by atoms with Crippen LogP contribution in [0.1, 0.15) is 77.2 Å². The molecular weight excluding hydrogens is 452 g/mol. The molecule has 2 atom stereocenters. The molecule has 36 heavy (non-hydrogen) atoms. The molecule has 1 aliphatic heterocycles. The average Bonchev–Trinajstić information content (AvgIpc) is 3.12. The smallest absolute Gasteiger partial charge is 0.269 e. The predicted octanol–water partition coefficient (Wildman–Crippen LogP) is 4.67. The number of likely N-dealkylation sites (N-methyl/N-ethyl adjacent to an activating group) is 1. The first-order chi connectivity index (χ1) is 17.2. The fourth-order valence-electron chi connectivity index (χ4n) is 6.14. The van der Waals surface area contributed by atoms with E-state index in [9.17, 15) is 14.4 Å². The lowest BCUT2D eigenvalue weighted by Gasteiger charge is -2.38. The van der Waals surface area contributed by atoms with E-state index in [0.29, 0.717) is 19.3 Å². The van der Waals surface area contributed by atoms with Crippen LogP contribution in [0.2, 0.25) is 0 Å². The largest absolute Gasteiger partial charge is 0.369 e. The highest BCUT2D eigenvalue weighted by molar-refractivity contribution is 6.13. The molecule has 2 aliphatic carbocycles. The van der Waals surface area contributed by atoms with E-state index >= 15 is 0 Å². The summed E-state index contributed by atoms with van der Waals surface area (Å²) in [5, 5.41) is 3.02. The molecule has 0 spiro atoms. The van der Waals surface area contributed by atoms with Crippen molar-refractivity contribution < 1.29 is 14.4 Å². The van der Waals surface area contributed by atoms with E-state index in [1.54, 1.807) is 7.05 Å². The molecule has 1 saturated carbocycles. The van der Waals surface area contributed by atoms with E-state index in [-0.39, 0.29) is 23.7 Å². The number of hydrogen-bond acceptors (Lipinski definition) is 4. The highest BCUT2D eigenvalue weighted by Gasteiger charge is 2.50. The molecular formula is C29H40N4O3. The van der Waals surface area contributed by atoms with E-state index < -0.39 is 23.4 Å². The lowest BCUT2D eigenvalue weighted by Crippen LogP contribution is -2.53. The van der Waals surface area contributed by atoms with E-state index in [4.69, 9.17) is 10.7 Å². The van der Waals surface area contributed by atoms with E-state index in [0.717, 1.165) is 42.6 Å². The Hall–Kier alpha value is -2.96. The maximum absolute atomic E-state index is 14.1. The summed E-state index contributed by atoms with van der Waals surface area (Å²) >= 11 is 0. The molecule has 7 heteroatoms. The summed E-state index contributed by atoms with van der Waals surface area (Å²) in [6.45, 7) is 4.07. The third kappa shape index (κ3) is 5.11. The quantitative estimate of drug-likeness (QED) is 0.427. The monoisotopic (exact) mass is 492 g/mol. The molecule has 1 fully saturated rings. The van der Waals surface area contributed by atoms with Crippen molar-refractivity contribution in [1.82, 2.24) is 4.90 Å². The lowest BCUT2D eigenvalue weighted by molar-refractivity contribution is -0.149. The molecule has 3 N–H and O–H groups in total. The first-order valence-electron chi connectivity index (χ1n) is 13.4. The van der Waals surface area contributed by atoms with Crippen molar-refractivity contribution in [3.05, 3.63) is 42.0 Å². The molecule has 1 aromatic rings. The minimum atomic E-state index is -1.00. The van der Waals surface area contributed by atoms with E-state index in [1.807, 2.05) is 50.3 Å². The van der Waals surface area contributed by atoms with Crippen molar-refractivity contribution in [3.8, 4) is 0 Å². The minimum Gasteiger partial charge on any atom is -0.369 e. The third-order valence-corrected chi connectivity index (χ3v) is 8.21. The van der Waals surface area contributed by atoms with Crippen molar-refractivity contribution in [1.29, 1.82) is 0 Å². The molecule has 4 rings (SSSR count). The van der Waals surface area contributed by atoms with E-state index in [1.165, 1.54) is 17.7 Å².